The van der Waals surface area contributed by atoms with Crippen molar-refractivity contribution in [2.75, 3.05) is 13.6 Å². The average molecular weight is 269 g/mol. The van der Waals surface area contributed by atoms with Gasteiger partial charge in [0.05, 0.1) is 0 Å². The quantitative estimate of drug-likeness (QED) is 0.736. The Morgan fingerprint density at radius 2 is 1.79 bits per heavy atom. The van der Waals surface area contributed by atoms with Crippen LogP contribution in [0.4, 0.5) is 0 Å². The molecule has 0 aromatic heterocycles. The van der Waals surface area contributed by atoms with Gasteiger partial charge in [0.15, 0.2) is 0 Å². The van der Waals surface area contributed by atoms with E-state index in [1.165, 1.54) is 38.5 Å². The first-order valence-corrected chi connectivity index (χ1v) is 7.55. The molecule has 0 spiro atoms. The Hall–Kier alpha value is -1.06. The normalized spacial score (nSPS) is 16.3. The minimum absolute atomic E-state index is 0.139. The molecule has 19 heavy (non-hydrogen) atoms. The molecule has 0 bridgehead atoms. The first kappa shape index (κ1) is 16.0. The van der Waals surface area contributed by atoms with Crippen molar-refractivity contribution in [3.8, 4) is 0 Å². The predicted octanol–water partition coefficient (Wildman–Crippen LogP) is 3.06. The van der Waals surface area contributed by atoms with Gasteiger partial charge in [-0.2, -0.15) is 0 Å². The first-order chi connectivity index (χ1) is 9.09. The number of amides is 1. The van der Waals surface area contributed by atoms with Crippen LogP contribution in [0.25, 0.3) is 0 Å². The van der Waals surface area contributed by atoms with Crippen LogP contribution >= 0.6 is 0 Å². The molecule has 0 aromatic rings. The fourth-order valence-corrected chi connectivity index (χ4v) is 2.80. The van der Waals surface area contributed by atoms with Crippen LogP contribution in [0, 0.1) is 5.92 Å². The fraction of sp³-hybridized carbons (Fsp3) is 0.867. The van der Waals surface area contributed by atoms with Gasteiger partial charge in [-0.15, -0.1) is 0 Å². The molecule has 1 aliphatic rings. The van der Waals surface area contributed by atoms with Crippen molar-refractivity contribution in [1.29, 1.82) is 0 Å². The molecule has 1 amide bonds. The van der Waals surface area contributed by atoms with Crippen molar-refractivity contribution in [2.24, 2.45) is 5.92 Å². The van der Waals surface area contributed by atoms with Crippen LogP contribution in [-0.4, -0.2) is 35.5 Å². The van der Waals surface area contributed by atoms with Gasteiger partial charge in [0, 0.05) is 26.4 Å². The Bertz CT molecular complexity index is 285. The summed E-state index contributed by atoms with van der Waals surface area (Å²) < 4.78 is 0. The summed E-state index contributed by atoms with van der Waals surface area (Å²) in [5.41, 5.74) is 0. The third-order valence-corrected chi connectivity index (χ3v) is 4.04. The summed E-state index contributed by atoms with van der Waals surface area (Å²) >= 11 is 0. The van der Waals surface area contributed by atoms with Crippen LogP contribution in [0.5, 0.6) is 0 Å². The predicted molar refractivity (Wildman–Crippen MR) is 74.9 cm³/mol. The van der Waals surface area contributed by atoms with Gasteiger partial charge in [-0.3, -0.25) is 9.59 Å². The minimum Gasteiger partial charge on any atom is -0.481 e. The van der Waals surface area contributed by atoms with Crippen molar-refractivity contribution < 1.29 is 14.7 Å². The van der Waals surface area contributed by atoms with Gasteiger partial charge < -0.3 is 10.0 Å². The number of carboxylic acid groups (broad SMARTS) is 1. The van der Waals surface area contributed by atoms with Crippen molar-refractivity contribution in [3.63, 3.8) is 0 Å². The molecule has 0 saturated heterocycles. The number of rotatable bonds is 8. The molecule has 1 saturated carbocycles. The topological polar surface area (TPSA) is 57.6 Å². The van der Waals surface area contributed by atoms with Gasteiger partial charge >= 0.3 is 5.97 Å². The van der Waals surface area contributed by atoms with Crippen molar-refractivity contribution in [2.45, 2.75) is 64.2 Å². The number of carbonyl (C=O) groups is 2. The molecular weight excluding hydrogens is 242 g/mol. The highest BCUT2D eigenvalue weighted by molar-refractivity contribution is 5.75. The van der Waals surface area contributed by atoms with Crippen LogP contribution in [0.2, 0.25) is 0 Å². The first-order valence-electron chi connectivity index (χ1n) is 7.55. The lowest BCUT2D eigenvalue weighted by molar-refractivity contribution is -0.138. The largest absolute Gasteiger partial charge is 0.481 e. The van der Waals surface area contributed by atoms with E-state index in [2.05, 4.69) is 0 Å². The molecule has 4 heteroatoms. The number of hydrogen-bond acceptors (Lipinski definition) is 2. The van der Waals surface area contributed by atoms with E-state index in [0.717, 1.165) is 12.3 Å². The highest BCUT2D eigenvalue weighted by Crippen LogP contribution is 2.27. The Kier molecular flexibility index (Phi) is 7.53. The van der Waals surface area contributed by atoms with E-state index in [9.17, 15) is 9.59 Å². The van der Waals surface area contributed by atoms with Gasteiger partial charge in [0.25, 0.3) is 0 Å². The summed E-state index contributed by atoms with van der Waals surface area (Å²) in [4.78, 5) is 23.9. The third-order valence-electron chi connectivity index (χ3n) is 4.04. The number of aliphatic carboxylic acids is 1. The maximum atomic E-state index is 11.8. The van der Waals surface area contributed by atoms with E-state index >= 15 is 0 Å². The highest BCUT2D eigenvalue weighted by atomic mass is 16.4. The number of hydrogen-bond donors (Lipinski definition) is 1. The van der Waals surface area contributed by atoms with E-state index in [1.54, 1.807) is 11.9 Å². The maximum Gasteiger partial charge on any atom is 0.303 e. The lowest BCUT2D eigenvalue weighted by Crippen LogP contribution is -2.28. The molecule has 0 heterocycles. The zero-order chi connectivity index (χ0) is 14.1. The second-order valence-electron chi connectivity index (χ2n) is 5.71. The zero-order valence-electron chi connectivity index (χ0n) is 12.1. The van der Waals surface area contributed by atoms with Crippen LogP contribution in [0.1, 0.15) is 64.2 Å². The van der Waals surface area contributed by atoms with E-state index < -0.39 is 5.97 Å². The Balaban J connectivity index is 2.06. The Morgan fingerprint density at radius 1 is 1.11 bits per heavy atom. The lowest BCUT2D eigenvalue weighted by Gasteiger charge is -2.22. The molecule has 0 atom stereocenters. The summed E-state index contributed by atoms with van der Waals surface area (Å²) in [5.74, 6) is 0.193. The Labute approximate surface area is 116 Å². The van der Waals surface area contributed by atoms with Gasteiger partial charge in [-0.05, 0) is 25.2 Å². The van der Waals surface area contributed by atoms with Crippen molar-refractivity contribution >= 4 is 11.9 Å². The monoisotopic (exact) mass is 269 g/mol. The van der Waals surface area contributed by atoms with E-state index in [4.69, 9.17) is 5.11 Å². The zero-order valence-corrected chi connectivity index (χ0v) is 12.1. The molecule has 1 rings (SSSR count). The molecule has 0 unspecified atom stereocenters. The molecule has 1 fully saturated rings. The average Bonchev–Trinajstić information content (AvgIpc) is 2.39. The van der Waals surface area contributed by atoms with Gasteiger partial charge in [0.1, 0.15) is 0 Å². The van der Waals surface area contributed by atoms with Crippen molar-refractivity contribution in [1.82, 2.24) is 4.90 Å². The summed E-state index contributed by atoms with van der Waals surface area (Å²) in [6.45, 7) is 0.550. The van der Waals surface area contributed by atoms with Gasteiger partial charge in [0.2, 0.25) is 5.91 Å². The number of carbonyl (C=O) groups excluding carboxylic acids is 1. The van der Waals surface area contributed by atoms with Crippen LogP contribution in [0.3, 0.4) is 0 Å². The molecule has 1 aliphatic carbocycles. The molecule has 0 aliphatic heterocycles. The second-order valence-corrected chi connectivity index (χ2v) is 5.71. The standard InChI is InChI=1S/C15H27NO3/c1-16(12-6-11-15(18)19)14(17)10-5-9-13-7-3-2-4-8-13/h13H,2-12H2,1H3,(H,18,19). The van der Waals surface area contributed by atoms with E-state index in [-0.39, 0.29) is 12.3 Å². The van der Waals surface area contributed by atoms with Crippen molar-refractivity contribution in [3.05, 3.63) is 0 Å². The summed E-state index contributed by atoms with van der Waals surface area (Å²) in [6, 6.07) is 0. The number of nitrogens with zero attached hydrogens (tertiary/aromatic N) is 1. The van der Waals surface area contributed by atoms with E-state index in [1.807, 2.05) is 0 Å². The van der Waals surface area contributed by atoms with Crippen LogP contribution in [-0.2, 0) is 9.59 Å². The van der Waals surface area contributed by atoms with E-state index in [0.29, 0.717) is 19.4 Å². The SMILES string of the molecule is CN(CCCC(=O)O)C(=O)CCCC1CCCCC1. The van der Waals surface area contributed by atoms with Crippen LogP contribution < -0.4 is 0 Å². The smallest absolute Gasteiger partial charge is 0.303 e. The molecule has 4 nitrogen and oxygen atoms in total. The van der Waals surface area contributed by atoms with Crippen LogP contribution in [0.15, 0.2) is 0 Å². The highest BCUT2D eigenvalue weighted by Gasteiger charge is 2.14. The lowest BCUT2D eigenvalue weighted by atomic mass is 9.86. The molecular formula is C15H27NO3. The minimum atomic E-state index is -0.793. The molecule has 110 valence electrons. The molecule has 0 radical (unpaired) electrons. The third kappa shape index (κ3) is 7.19. The molecule has 1 N–H and O–H groups in total. The number of carboxylic acids is 1. The van der Waals surface area contributed by atoms with Gasteiger partial charge in [-0.25, -0.2) is 0 Å². The summed E-state index contributed by atoms with van der Waals surface area (Å²) in [7, 11) is 1.77. The van der Waals surface area contributed by atoms with Gasteiger partial charge in [-0.1, -0.05) is 32.1 Å². The maximum absolute atomic E-state index is 11.8. The Morgan fingerprint density at radius 3 is 2.42 bits per heavy atom. The summed E-state index contributed by atoms with van der Waals surface area (Å²) in [5, 5.41) is 8.55. The second kappa shape index (κ2) is 8.94. The molecule has 0 aromatic carbocycles. The fourth-order valence-electron chi connectivity index (χ4n) is 2.80. The summed E-state index contributed by atoms with van der Waals surface area (Å²) in [6.07, 6.45) is 10.2.